The first-order chi connectivity index (χ1) is 4.97. The van der Waals surface area contributed by atoms with Gasteiger partial charge in [0.05, 0.1) is 0 Å². The van der Waals surface area contributed by atoms with Gasteiger partial charge in [-0.25, -0.2) is 0 Å². The van der Waals surface area contributed by atoms with E-state index in [1.807, 2.05) is 0 Å². The van der Waals surface area contributed by atoms with Crippen LogP contribution in [-0.4, -0.2) is 0 Å². The molecule has 0 amide bonds. The van der Waals surface area contributed by atoms with Crippen LogP contribution in [0.1, 0.15) is 38.5 Å². The summed E-state index contributed by atoms with van der Waals surface area (Å²) in [6.45, 7) is 0. The highest BCUT2D eigenvalue weighted by atomic mass is 14.3. The molecule has 0 aromatic carbocycles. The molecule has 2 aliphatic rings. The Morgan fingerprint density at radius 2 is 1.20 bits per heavy atom. The van der Waals surface area contributed by atoms with Crippen molar-refractivity contribution in [1.29, 1.82) is 0 Å². The van der Waals surface area contributed by atoms with Crippen LogP contribution in [0.3, 0.4) is 0 Å². The molecule has 1 saturated carbocycles. The molecule has 0 spiro atoms. The Balaban J connectivity index is 1.93. The molecule has 2 rings (SSSR count). The minimum atomic E-state index is 0.806. The molecule has 0 aromatic rings. The molecule has 0 aromatic heterocycles. The zero-order valence-corrected chi connectivity index (χ0v) is 6.40. The number of hydrogen-bond donors (Lipinski definition) is 0. The molecule has 0 N–H and O–H groups in total. The van der Waals surface area contributed by atoms with E-state index in [9.17, 15) is 0 Å². The molecule has 54 valence electrons. The van der Waals surface area contributed by atoms with Crippen molar-refractivity contribution in [2.24, 2.45) is 11.8 Å². The summed E-state index contributed by atoms with van der Waals surface area (Å²) >= 11 is 0. The predicted molar refractivity (Wildman–Crippen MR) is 42.5 cm³/mol. The maximum Gasteiger partial charge on any atom is 0.0340 e. The fourth-order valence-corrected chi connectivity index (χ4v) is 1.95. The summed E-state index contributed by atoms with van der Waals surface area (Å²) in [5.41, 5.74) is 0. The van der Waals surface area contributed by atoms with Gasteiger partial charge in [-0.15, -0.1) is 0 Å². The molecule has 1 fully saturated rings. The van der Waals surface area contributed by atoms with Gasteiger partial charge < -0.3 is 0 Å². The van der Waals surface area contributed by atoms with E-state index in [-0.39, 0.29) is 0 Å². The van der Waals surface area contributed by atoms with Crippen molar-refractivity contribution in [3.63, 3.8) is 0 Å². The third-order valence-corrected chi connectivity index (χ3v) is 2.72. The summed E-state index contributed by atoms with van der Waals surface area (Å²) in [4.78, 5) is 0. The van der Waals surface area contributed by atoms with Gasteiger partial charge in [0.1, 0.15) is 0 Å². The van der Waals surface area contributed by atoms with Gasteiger partial charge in [-0.2, -0.15) is 0 Å². The van der Waals surface area contributed by atoms with Gasteiger partial charge >= 0.3 is 0 Å². The van der Waals surface area contributed by atoms with Gasteiger partial charge in [0.2, 0.25) is 0 Å². The van der Waals surface area contributed by atoms with E-state index in [4.69, 9.17) is 0 Å². The summed E-state index contributed by atoms with van der Waals surface area (Å²) in [6, 6.07) is 0. The molecular weight excluding hydrogens is 120 g/mol. The van der Waals surface area contributed by atoms with Gasteiger partial charge in [-0.1, -0.05) is 37.5 Å². The maximum absolute atomic E-state index is 3.27. The van der Waals surface area contributed by atoms with Gasteiger partial charge in [-0.05, 0) is 12.8 Å². The molecule has 0 aliphatic heterocycles. The molecule has 10 heavy (non-hydrogen) atoms. The van der Waals surface area contributed by atoms with Crippen LogP contribution < -0.4 is 0 Å². The van der Waals surface area contributed by atoms with Crippen LogP contribution in [-0.2, 0) is 0 Å². The molecule has 2 aliphatic carbocycles. The van der Waals surface area contributed by atoms with E-state index in [1.54, 1.807) is 0 Å². The second kappa shape index (κ2) is 2.66. The lowest BCUT2D eigenvalue weighted by atomic mass is 9.77. The van der Waals surface area contributed by atoms with Crippen molar-refractivity contribution in [1.82, 2.24) is 0 Å². The molecule has 0 bridgehead atoms. The zero-order chi connectivity index (χ0) is 6.81. The Kier molecular flexibility index (Phi) is 1.67. The van der Waals surface area contributed by atoms with Crippen LogP contribution in [0.2, 0.25) is 0 Å². The quantitative estimate of drug-likeness (QED) is 0.447. The molecule has 0 saturated heterocycles. The first kappa shape index (κ1) is 6.28. The van der Waals surface area contributed by atoms with Crippen molar-refractivity contribution < 1.29 is 0 Å². The molecule has 0 nitrogen and oxygen atoms in total. The van der Waals surface area contributed by atoms with Crippen LogP contribution in [0.5, 0.6) is 0 Å². The highest BCUT2D eigenvalue weighted by Crippen LogP contribution is 2.31. The zero-order valence-electron chi connectivity index (χ0n) is 6.40. The third kappa shape index (κ3) is 1.06. The smallest absolute Gasteiger partial charge is 0.0340 e. The van der Waals surface area contributed by atoms with Gasteiger partial charge in [0.25, 0.3) is 0 Å². The lowest BCUT2D eigenvalue weighted by Gasteiger charge is -2.26. The van der Waals surface area contributed by atoms with E-state index >= 15 is 0 Å². The third-order valence-electron chi connectivity index (χ3n) is 2.72. The van der Waals surface area contributed by atoms with Crippen LogP contribution in [0, 0.1) is 23.7 Å². The Hall–Kier alpha value is -0.440. The fraction of sp³-hybridized carbons (Fsp3) is 0.800. The van der Waals surface area contributed by atoms with E-state index in [0.717, 1.165) is 11.8 Å². The average Bonchev–Trinajstić information content (AvgIpc) is 1.89. The SMILES string of the molecule is C1#CC2CCCCCCC12. The Morgan fingerprint density at radius 3 is 1.60 bits per heavy atom. The summed E-state index contributed by atoms with van der Waals surface area (Å²) in [5, 5.41) is 0. The minimum Gasteiger partial charge on any atom is -0.0983 e. The number of rotatable bonds is 0. The molecule has 2 atom stereocenters. The summed E-state index contributed by atoms with van der Waals surface area (Å²) in [7, 11) is 0. The predicted octanol–water partition coefficient (Wildman–Crippen LogP) is 2.59. The Labute approximate surface area is 63.0 Å². The maximum atomic E-state index is 3.27. The Bertz CT molecular complexity index is 152. The van der Waals surface area contributed by atoms with Crippen LogP contribution in [0.15, 0.2) is 0 Å². The van der Waals surface area contributed by atoms with Crippen molar-refractivity contribution in [2.75, 3.05) is 0 Å². The van der Waals surface area contributed by atoms with Crippen LogP contribution in [0.4, 0.5) is 0 Å². The van der Waals surface area contributed by atoms with Crippen molar-refractivity contribution in [3.05, 3.63) is 0 Å². The summed E-state index contributed by atoms with van der Waals surface area (Å²) in [6.07, 6.45) is 8.52. The summed E-state index contributed by atoms with van der Waals surface area (Å²) < 4.78 is 0. The second-order valence-electron chi connectivity index (χ2n) is 3.49. The highest BCUT2D eigenvalue weighted by molar-refractivity contribution is 5.22. The van der Waals surface area contributed by atoms with Gasteiger partial charge in [-0.3, -0.25) is 0 Å². The minimum absolute atomic E-state index is 0.806. The van der Waals surface area contributed by atoms with E-state index in [0.29, 0.717) is 0 Å². The largest absolute Gasteiger partial charge is 0.0983 e. The number of hydrogen-bond acceptors (Lipinski definition) is 0. The first-order valence-corrected chi connectivity index (χ1v) is 4.48. The van der Waals surface area contributed by atoms with Gasteiger partial charge in [0, 0.05) is 11.8 Å². The monoisotopic (exact) mass is 134 g/mol. The first-order valence-electron chi connectivity index (χ1n) is 4.48. The van der Waals surface area contributed by atoms with Crippen LogP contribution in [0.25, 0.3) is 0 Å². The normalized spacial score (nSPS) is 37.6. The van der Waals surface area contributed by atoms with Crippen molar-refractivity contribution >= 4 is 0 Å². The molecule has 2 unspecified atom stereocenters. The highest BCUT2D eigenvalue weighted by Gasteiger charge is 2.23. The lowest BCUT2D eigenvalue weighted by Crippen LogP contribution is -2.20. The van der Waals surface area contributed by atoms with E-state index in [1.165, 1.54) is 38.5 Å². The fourth-order valence-electron chi connectivity index (χ4n) is 1.95. The van der Waals surface area contributed by atoms with Crippen molar-refractivity contribution in [3.8, 4) is 11.8 Å². The summed E-state index contributed by atoms with van der Waals surface area (Å²) in [5.74, 6) is 8.14. The van der Waals surface area contributed by atoms with E-state index < -0.39 is 0 Å². The van der Waals surface area contributed by atoms with E-state index in [2.05, 4.69) is 11.8 Å². The molecular formula is C10H14. The average molecular weight is 134 g/mol. The molecule has 0 heterocycles. The van der Waals surface area contributed by atoms with Crippen LogP contribution >= 0.6 is 0 Å². The standard InChI is InChI=1S/C10H14/c1-2-4-6-10-8-7-9(10)5-3-1/h9-10H,1-6H2. The van der Waals surface area contributed by atoms with Gasteiger partial charge in [0.15, 0.2) is 0 Å². The second-order valence-corrected chi connectivity index (χ2v) is 3.49. The molecule has 0 heteroatoms. The number of fused-ring (bicyclic) bond motifs is 1. The Morgan fingerprint density at radius 1 is 0.700 bits per heavy atom. The lowest BCUT2D eigenvalue weighted by molar-refractivity contribution is 0.359. The molecule has 0 radical (unpaired) electrons. The van der Waals surface area contributed by atoms with Crippen molar-refractivity contribution in [2.45, 2.75) is 38.5 Å². The topological polar surface area (TPSA) is 0 Å².